The normalized spacial score (nSPS) is 12.2. The minimum absolute atomic E-state index is 0.354. The molecular formula is C13H18BrNO3. The summed E-state index contributed by atoms with van der Waals surface area (Å²) >= 11 is 3.44. The summed E-state index contributed by atoms with van der Waals surface area (Å²) in [5.74, 6) is -0.312. The van der Waals surface area contributed by atoms with Gasteiger partial charge in [0.05, 0.1) is 17.5 Å². The first kappa shape index (κ1) is 15.0. The highest BCUT2D eigenvalue weighted by Crippen LogP contribution is 2.25. The molecule has 100 valence electrons. The zero-order valence-corrected chi connectivity index (χ0v) is 12.2. The van der Waals surface area contributed by atoms with Crippen LogP contribution in [-0.2, 0) is 11.2 Å². The average Bonchev–Trinajstić information content (AvgIpc) is 2.34. The smallest absolute Gasteiger partial charge is 0.307 e. The first-order valence-corrected chi connectivity index (χ1v) is 6.60. The fourth-order valence-electron chi connectivity index (χ4n) is 1.50. The standard InChI is InChI=1S/C13H18BrNO3/c1-9(13(16)17)8-15-6-5-10-3-4-12(18-2)11(14)7-10/h3-4,7,9,15H,5-6,8H2,1-2H3,(H,16,17). The Morgan fingerprint density at radius 1 is 1.56 bits per heavy atom. The Balaban J connectivity index is 2.36. The summed E-state index contributed by atoms with van der Waals surface area (Å²) in [6.07, 6.45) is 0.856. The third-order valence-electron chi connectivity index (χ3n) is 2.68. The van der Waals surface area contributed by atoms with Crippen LogP contribution in [0.1, 0.15) is 12.5 Å². The van der Waals surface area contributed by atoms with Gasteiger partial charge in [0.2, 0.25) is 0 Å². The van der Waals surface area contributed by atoms with Crippen molar-refractivity contribution in [2.24, 2.45) is 5.92 Å². The van der Waals surface area contributed by atoms with E-state index in [1.54, 1.807) is 14.0 Å². The highest BCUT2D eigenvalue weighted by atomic mass is 79.9. The Morgan fingerprint density at radius 3 is 2.83 bits per heavy atom. The quantitative estimate of drug-likeness (QED) is 0.758. The lowest BCUT2D eigenvalue weighted by atomic mass is 10.1. The Kier molecular flexibility index (Phi) is 6.15. The van der Waals surface area contributed by atoms with E-state index in [0.29, 0.717) is 6.54 Å². The van der Waals surface area contributed by atoms with Gasteiger partial charge in [-0.3, -0.25) is 4.79 Å². The van der Waals surface area contributed by atoms with Crippen LogP contribution >= 0.6 is 15.9 Å². The summed E-state index contributed by atoms with van der Waals surface area (Å²) in [5, 5.41) is 11.9. The number of halogens is 1. The number of carbonyl (C=O) groups is 1. The Bertz CT molecular complexity index is 409. The van der Waals surface area contributed by atoms with Gasteiger partial charge >= 0.3 is 5.97 Å². The van der Waals surface area contributed by atoms with E-state index in [2.05, 4.69) is 21.2 Å². The molecule has 0 aliphatic rings. The van der Waals surface area contributed by atoms with E-state index in [0.717, 1.165) is 23.2 Å². The van der Waals surface area contributed by atoms with Gasteiger partial charge in [0.15, 0.2) is 0 Å². The van der Waals surface area contributed by atoms with Crippen LogP contribution in [0.2, 0.25) is 0 Å². The molecule has 5 heteroatoms. The second kappa shape index (κ2) is 7.38. The molecule has 0 fully saturated rings. The van der Waals surface area contributed by atoms with Crippen LogP contribution in [0.15, 0.2) is 22.7 Å². The van der Waals surface area contributed by atoms with Crippen molar-refractivity contribution in [2.45, 2.75) is 13.3 Å². The third kappa shape index (κ3) is 4.66. The van der Waals surface area contributed by atoms with Gasteiger partial charge in [-0.15, -0.1) is 0 Å². The largest absolute Gasteiger partial charge is 0.496 e. The molecule has 18 heavy (non-hydrogen) atoms. The molecule has 0 aliphatic carbocycles. The number of hydrogen-bond donors (Lipinski definition) is 2. The van der Waals surface area contributed by atoms with E-state index >= 15 is 0 Å². The first-order valence-electron chi connectivity index (χ1n) is 5.80. The lowest BCUT2D eigenvalue weighted by molar-refractivity contribution is -0.140. The highest BCUT2D eigenvalue weighted by Gasteiger charge is 2.09. The number of benzene rings is 1. The van der Waals surface area contributed by atoms with Crippen LogP contribution < -0.4 is 10.1 Å². The Labute approximate surface area is 115 Å². The van der Waals surface area contributed by atoms with Crippen molar-refractivity contribution in [3.05, 3.63) is 28.2 Å². The maximum Gasteiger partial charge on any atom is 0.307 e. The zero-order chi connectivity index (χ0) is 13.5. The van der Waals surface area contributed by atoms with Crippen LogP contribution in [-0.4, -0.2) is 31.3 Å². The molecule has 1 aromatic rings. The maximum absolute atomic E-state index is 10.6. The monoisotopic (exact) mass is 315 g/mol. The predicted octanol–water partition coefficient (Wildman–Crippen LogP) is 2.31. The van der Waals surface area contributed by atoms with Crippen molar-refractivity contribution >= 4 is 21.9 Å². The summed E-state index contributed by atoms with van der Waals surface area (Å²) in [6.45, 7) is 2.95. The van der Waals surface area contributed by atoms with Crippen LogP contribution in [0.5, 0.6) is 5.75 Å². The van der Waals surface area contributed by atoms with Gasteiger partial charge in [-0.1, -0.05) is 13.0 Å². The lowest BCUT2D eigenvalue weighted by Gasteiger charge is -2.09. The molecule has 0 amide bonds. The molecular weight excluding hydrogens is 298 g/mol. The molecule has 0 bridgehead atoms. The van der Waals surface area contributed by atoms with E-state index in [1.165, 1.54) is 5.56 Å². The van der Waals surface area contributed by atoms with Crippen molar-refractivity contribution in [3.63, 3.8) is 0 Å². The fourth-order valence-corrected chi connectivity index (χ4v) is 2.09. The van der Waals surface area contributed by atoms with Gasteiger partial charge in [0, 0.05) is 6.54 Å². The molecule has 0 aliphatic heterocycles. The number of carboxylic acid groups (broad SMARTS) is 1. The number of rotatable bonds is 7. The molecule has 2 N–H and O–H groups in total. The van der Waals surface area contributed by atoms with Crippen LogP contribution in [0, 0.1) is 5.92 Å². The molecule has 0 saturated heterocycles. The van der Waals surface area contributed by atoms with E-state index < -0.39 is 5.97 Å². The summed E-state index contributed by atoms with van der Waals surface area (Å²) < 4.78 is 6.09. The molecule has 0 aromatic heterocycles. The van der Waals surface area contributed by atoms with Crippen molar-refractivity contribution in [2.75, 3.05) is 20.2 Å². The summed E-state index contributed by atoms with van der Waals surface area (Å²) in [7, 11) is 1.63. The lowest BCUT2D eigenvalue weighted by Crippen LogP contribution is -2.27. The van der Waals surface area contributed by atoms with Crippen LogP contribution in [0.4, 0.5) is 0 Å². The number of aliphatic carboxylic acids is 1. The van der Waals surface area contributed by atoms with Crippen molar-refractivity contribution < 1.29 is 14.6 Å². The average molecular weight is 316 g/mol. The topological polar surface area (TPSA) is 58.6 Å². The van der Waals surface area contributed by atoms with Crippen molar-refractivity contribution in [1.82, 2.24) is 5.32 Å². The van der Waals surface area contributed by atoms with Crippen molar-refractivity contribution in [1.29, 1.82) is 0 Å². The van der Waals surface area contributed by atoms with Gasteiger partial charge in [-0.2, -0.15) is 0 Å². The zero-order valence-electron chi connectivity index (χ0n) is 10.6. The SMILES string of the molecule is COc1ccc(CCNCC(C)C(=O)O)cc1Br. The molecule has 0 radical (unpaired) electrons. The molecule has 1 aromatic carbocycles. The number of methoxy groups -OCH3 is 1. The van der Waals surface area contributed by atoms with E-state index in [9.17, 15) is 4.79 Å². The number of hydrogen-bond acceptors (Lipinski definition) is 3. The minimum atomic E-state index is -0.769. The van der Waals surface area contributed by atoms with Crippen LogP contribution in [0.25, 0.3) is 0 Å². The molecule has 1 atom stereocenters. The van der Waals surface area contributed by atoms with E-state index in [1.807, 2.05) is 18.2 Å². The number of ether oxygens (including phenoxy) is 1. The molecule has 1 unspecified atom stereocenters. The summed E-state index contributed by atoms with van der Waals surface area (Å²) in [4.78, 5) is 10.6. The van der Waals surface area contributed by atoms with Gasteiger partial charge in [-0.25, -0.2) is 0 Å². The number of nitrogens with one attached hydrogen (secondary N) is 1. The van der Waals surface area contributed by atoms with Gasteiger partial charge in [0.1, 0.15) is 5.75 Å². The van der Waals surface area contributed by atoms with Gasteiger partial charge < -0.3 is 15.2 Å². The molecule has 1 rings (SSSR count). The highest BCUT2D eigenvalue weighted by molar-refractivity contribution is 9.10. The summed E-state index contributed by atoms with van der Waals surface area (Å²) in [6, 6.07) is 5.94. The predicted molar refractivity (Wildman–Crippen MR) is 74.1 cm³/mol. The fraction of sp³-hybridized carbons (Fsp3) is 0.462. The van der Waals surface area contributed by atoms with Crippen molar-refractivity contribution in [3.8, 4) is 5.75 Å². The Hall–Kier alpha value is -1.07. The third-order valence-corrected chi connectivity index (χ3v) is 3.30. The second-order valence-corrected chi connectivity index (χ2v) is 5.02. The first-order chi connectivity index (χ1) is 8.54. The minimum Gasteiger partial charge on any atom is -0.496 e. The molecule has 0 spiro atoms. The van der Waals surface area contributed by atoms with Gasteiger partial charge in [-0.05, 0) is 46.6 Å². The van der Waals surface area contributed by atoms with E-state index in [-0.39, 0.29) is 5.92 Å². The molecule has 4 nitrogen and oxygen atoms in total. The van der Waals surface area contributed by atoms with Crippen LogP contribution in [0.3, 0.4) is 0 Å². The molecule has 0 saturated carbocycles. The maximum atomic E-state index is 10.6. The van der Waals surface area contributed by atoms with E-state index in [4.69, 9.17) is 9.84 Å². The Morgan fingerprint density at radius 2 is 2.28 bits per heavy atom. The number of carboxylic acids is 1. The molecule has 0 heterocycles. The second-order valence-electron chi connectivity index (χ2n) is 4.16. The summed E-state index contributed by atoms with van der Waals surface area (Å²) in [5.41, 5.74) is 1.18. The van der Waals surface area contributed by atoms with Gasteiger partial charge in [0.25, 0.3) is 0 Å².